The van der Waals surface area contributed by atoms with Gasteiger partial charge in [0, 0.05) is 19.1 Å². The highest BCUT2D eigenvalue weighted by Crippen LogP contribution is 2.20. The molecule has 3 rings (SSSR count). The van der Waals surface area contributed by atoms with E-state index < -0.39 is 0 Å². The number of hydrogen-bond acceptors (Lipinski definition) is 3. The Hall–Kier alpha value is -2.07. The summed E-state index contributed by atoms with van der Waals surface area (Å²) in [6, 6.07) is 10.7. The minimum atomic E-state index is -0.0973. The Balaban J connectivity index is 1.64. The summed E-state index contributed by atoms with van der Waals surface area (Å²) in [4.78, 5) is 14.6. The normalized spacial score (nSPS) is 18.7. The molecule has 1 aliphatic heterocycles. The second kappa shape index (κ2) is 7.47. The fraction of sp³-hybridized carbons (Fsp3) is 0.421. The van der Waals surface area contributed by atoms with Crippen LogP contribution in [0.3, 0.4) is 0 Å². The second-order valence-corrected chi connectivity index (χ2v) is 6.28. The Morgan fingerprint density at radius 3 is 2.83 bits per heavy atom. The van der Waals surface area contributed by atoms with Gasteiger partial charge in [-0.1, -0.05) is 30.7 Å². The van der Waals surface area contributed by atoms with Crippen LogP contribution in [0.2, 0.25) is 0 Å². The van der Waals surface area contributed by atoms with E-state index in [1.165, 1.54) is 42.9 Å². The molecule has 1 aromatic carbocycles. The Bertz CT molecular complexity index is 637. The molecular weight excluding hydrogens is 288 g/mol. The third-order valence-electron chi connectivity index (χ3n) is 4.66. The average Bonchev–Trinajstić information content (AvgIpc) is 3.10. The first kappa shape index (κ1) is 15.8. The fourth-order valence-corrected chi connectivity index (χ4v) is 3.17. The number of furan rings is 1. The lowest BCUT2D eigenvalue weighted by Gasteiger charge is -2.33. The molecule has 1 aliphatic rings. The monoisotopic (exact) mass is 312 g/mol. The molecule has 122 valence electrons. The fourth-order valence-electron chi connectivity index (χ4n) is 3.17. The summed E-state index contributed by atoms with van der Waals surface area (Å²) < 4.78 is 4.96. The zero-order valence-corrected chi connectivity index (χ0v) is 13.6. The summed E-state index contributed by atoms with van der Waals surface area (Å²) in [7, 11) is 0. The van der Waals surface area contributed by atoms with Crippen LogP contribution >= 0.6 is 0 Å². The molecule has 1 amide bonds. The average molecular weight is 312 g/mol. The quantitative estimate of drug-likeness (QED) is 0.918. The van der Waals surface area contributed by atoms with Gasteiger partial charge >= 0.3 is 0 Å². The van der Waals surface area contributed by atoms with Crippen molar-refractivity contribution in [2.24, 2.45) is 0 Å². The van der Waals surface area contributed by atoms with E-state index in [9.17, 15) is 4.79 Å². The minimum Gasteiger partial charge on any atom is -0.472 e. The number of amides is 1. The number of likely N-dealkylation sites (tertiary alicyclic amines) is 1. The number of carbonyl (C=O) groups is 1. The maximum atomic E-state index is 12.1. The molecule has 1 N–H and O–H groups in total. The maximum Gasteiger partial charge on any atom is 0.254 e. The lowest BCUT2D eigenvalue weighted by molar-refractivity contribution is 0.0950. The van der Waals surface area contributed by atoms with Crippen molar-refractivity contribution >= 4 is 5.91 Å². The van der Waals surface area contributed by atoms with Gasteiger partial charge in [0.05, 0.1) is 11.8 Å². The van der Waals surface area contributed by atoms with E-state index >= 15 is 0 Å². The minimum absolute atomic E-state index is 0.0973. The number of benzene rings is 1. The van der Waals surface area contributed by atoms with E-state index in [0.717, 1.165) is 13.1 Å². The van der Waals surface area contributed by atoms with Crippen molar-refractivity contribution in [1.29, 1.82) is 0 Å². The van der Waals surface area contributed by atoms with Crippen molar-refractivity contribution in [3.8, 4) is 0 Å². The van der Waals surface area contributed by atoms with Gasteiger partial charge in [-0.05, 0) is 43.5 Å². The summed E-state index contributed by atoms with van der Waals surface area (Å²) >= 11 is 0. The van der Waals surface area contributed by atoms with Crippen molar-refractivity contribution in [3.05, 3.63) is 59.5 Å². The zero-order valence-electron chi connectivity index (χ0n) is 13.6. The number of rotatable bonds is 5. The van der Waals surface area contributed by atoms with Crippen molar-refractivity contribution in [2.45, 2.75) is 45.3 Å². The maximum absolute atomic E-state index is 12.1. The van der Waals surface area contributed by atoms with Crippen molar-refractivity contribution < 1.29 is 9.21 Å². The van der Waals surface area contributed by atoms with Gasteiger partial charge in [0.2, 0.25) is 0 Å². The van der Waals surface area contributed by atoms with Gasteiger partial charge < -0.3 is 9.73 Å². The molecule has 4 nitrogen and oxygen atoms in total. The van der Waals surface area contributed by atoms with Crippen molar-refractivity contribution in [2.75, 3.05) is 6.54 Å². The number of nitrogens with zero attached hydrogens (tertiary/aromatic N) is 1. The van der Waals surface area contributed by atoms with E-state index in [1.54, 1.807) is 6.07 Å². The molecule has 1 aromatic heterocycles. The largest absolute Gasteiger partial charge is 0.472 e. The first-order valence-corrected chi connectivity index (χ1v) is 8.35. The third-order valence-corrected chi connectivity index (χ3v) is 4.66. The van der Waals surface area contributed by atoms with Gasteiger partial charge in [0.25, 0.3) is 5.91 Å². The van der Waals surface area contributed by atoms with E-state index in [1.807, 2.05) is 6.07 Å². The van der Waals surface area contributed by atoms with Crippen LogP contribution in [0.25, 0.3) is 0 Å². The summed E-state index contributed by atoms with van der Waals surface area (Å²) in [6.07, 6.45) is 6.88. The van der Waals surface area contributed by atoms with Crippen LogP contribution in [0.5, 0.6) is 0 Å². The second-order valence-electron chi connectivity index (χ2n) is 6.28. The first-order valence-electron chi connectivity index (χ1n) is 8.35. The molecule has 1 saturated heterocycles. The Kier molecular flexibility index (Phi) is 5.13. The molecule has 0 bridgehead atoms. The highest BCUT2D eigenvalue weighted by Gasteiger charge is 2.19. The van der Waals surface area contributed by atoms with Crippen LogP contribution in [-0.4, -0.2) is 23.4 Å². The number of carbonyl (C=O) groups excluding carboxylic acids is 1. The number of piperidine rings is 1. The van der Waals surface area contributed by atoms with Crippen LogP contribution in [0.15, 0.2) is 47.3 Å². The standard InChI is InChI=1S/C19H24N2O2/c1-15-6-4-5-10-21(15)13-17-8-3-2-7-16(17)12-20-19(22)18-9-11-23-14-18/h2-3,7-9,11,14-15H,4-6,10,12-13H2,1H3,(H,20,22). The molecule has 0 aliphatic carbocycles. The van der Waals surface area contributed by atoms with E-state index in [4.69, 9.17) is 4.42 Å². The topological polar surface area (TPSA) is 45.5 Å². The highest BCUT2D eigenvalue weighted by atomic mass is 16.3. The lowest BCUT2D eigenvalue weighted by Crippen LogP contribution is -2.37. The molecule has 0 radical (unpaired) electrons. The third kappa shape index (κ3) is 4.02. The molecular formula is C19H24N2O2. The molecule has 1 atom stereocenters. The van der Waals surface area contributed by atoms with Gasteiger partial charge in [-0.25, -0.2) is 0 Å². The summed E-state index contributed by atoms with van der Waals surface area (Å²) in [5, 5.41) is 2.97. The Morgan fingerprint density at radius 1 is 1.26 bits per heavy atom. The number of hydrogen-bond donors (Lipinski definition) is 1. The molecule has 1 fully saturated rings. The molecule has 1 unspecified atom stereocenters. The van der Waals surface area contributed by atoms with Gasteiger partial charge in [-0.2, -0.15) is 0 Å². The van der Waals surface area contributed by atoms with Crippen LogP contribution in [0.1, 0.15) is 47.7 Å². The molecule has 0 saturated carbocycles. The van der Waals surface area contributed by atoms with E-state index in [2.05, 4.69) is 35.3 Å². The van der Waals surface area contributed by atoms with E-state index in [0.29, 0.717) is 18.2 Å². The molecule has 4 heteroatoms. The molecule has 0 spiro atoms. The van der Waals surface area contributed by atoms with Crippen molar-refractivity contribution in [3.63, 3.8) is 0 Å². The lowest BCUT2D eigenvalue weighted by atomic mass is 10.0. The van der Waals surface area contributed by atoms with Crippen molar-refractivity contribution in [1.82, 2.24) is 10.2 Å². The Labute approximate surface area is 137 Å². The summed E-state index contributed by atoms with van der Waals surface area (Å²) in [5.74, 6) is -0.0973. The van der Waals surface area contributed by atoms with Crippen LogP contribution in [0.4, 0.5) is 0 Å². The highest BCUT2D eigenvalue weighted by molar-refractivity contribution is 5.93. The predicted molar refractivity (Wildman–Crippen MR) is 90.0 cm³/mol. The molecule has 2 aromatic rings. The molecule has 23 heavy (non-hydrogen) atoms. The number of nitrogens with one attached hydrogen (secondary N) is 1. The van der Waals surface area contributed by atoms with Gasteiger partial charge in [0.1, 0.15) is 6.26 Å². The van der Waals surface area contributed by atoms with Gasteiger partial charge in [0.15, 0.2) is 0 Å². The van der Waals surface area contributed by atoms with E-state index in [-0.39, 0.29) is 5.91 Å². The smallest absolute Gasteiger partial charge is 0.254 e. The van der Waals surface area contributed by atoms with Crippen LogP contribution in [0, 0.1) is 0 Å². The first-order chi connectivity index (χ1) is 11.2. The summed E-state index contributed by atoms with van der Waals surface area (Å²) in [5.41, 5.74) is 3.04. The summed E-state index contributed by atoms with van der Waals surface area (Å²) in [6.45, 7) is 4.97. The zero-order chi connectivity index (χ0) is 16.1. The molecule has 2 heterocycles. The van der Waals surface area contributed by atoms with Gasteiger partial charge in [-0.15, -0.1) is 0 Å². The van der Waals surface area contributed by atoms with Gasteiger partial charge in [-0.3, -0.25) is 9.69 Å². The SMILES string of the molecule is CC1CCCCN1Cc1ccccc1CNC(=O)c1ccoc1. The predicted octanol–water partition coefficient (Wildman–Crippen LogP) is 3.58. The Morgan fingerprint density at radius 2 is 2.09 bits per heavy atom. The van der Waals surface area contributed by atoms with Crippen LogP contribution < -0.4 is 5.32 Å². The van der Waals surface area contributed by atoms with Crippen LogP contribution in [-0.2, 0) is 13.1 Å².